The van der Waals surface area contributed by atoms with Gasteiger partial charge in [0.15, 0.2) is 0 Å². The summed E-state index contributed by atoms with van der Waals surface area (Å²) in [4.78, 5) is 0.480. The molecule has 3 rings (SSSR count). The molecule has 3 aromatic rings. The average molecular weight is 320 g/mol. The number of hydrogen-bond acceptors (Lipinski definition) is 3. The van der Waals surface area contributed by atoms with Crippen molar-refractivity contribution in [2.24, 2.45) is 7.05 Å². The fraction of sp³-hybridized carbons (Fsp3) is 0.133. The van der Waals surface area contributed by atoms with Crippen LogP contribution in [0.4, 0.5) is 5.69 Å². The first-order chi connectivity index (χ1) is 10.1. The van der Waals surface area contributed by atoms with E-state index in [1.165, 1.54) is 0 Å². The summed E-state index contributed by atoms with van der Waals surface area (Å²) >= 11 is 6.12. The van der Waals surface area contributed by atoms with Gasteiger partial charge in [0.25, 0.3) is 0 Å². The Morgan fingerprint density at radius 1 is 1.24 bits per heavy atom. The number of nitrogen functional groups attached to an aromatic ring is 1. The second-order valence-corrected chi connectivity index (χ2v) is 6.53. The molecule has 1 unspecified atom stereocenters. The summed E-state index contributed by atoms with van der Waals surface area (Å²) in [5.41, 5.74) is 8.13. The number of aryl methyl sites for hydroxylation is 1. The van der Waals surface area contributed by atoms with E-state index in [0.717, 1.165) is 16.6 Å². The zero-order valence-electron chi connectivity index (χ0n) is 11.4. The van der Waals surface area contributed by atoms with Crippen LogP contribution in [0.2, 0.25) is 5.02 Å². The standard InChI is InChI=1S/C15H14ClN3OS/c1-19-14-8-3-2-5-10(14)13(18-19)9-21(20)15-11(16)6-4-7-12(15)17/h2-8H,9,17H2,1H3. The van der Waals surface area contributed by atoms with Crippen molar-refractivity contribution in [2.75, 3.05) is 5.73 Å². The Kier molecular flexibility index (Phi) is 3.69. The molecule has 0 saturated carbocycles. The maximum Gasteiger partial charge on any atom is 0.0831 e. The second kappa shape index (κ2) is 5.50. The van der Waals surface area contributed by atoms with Crippen LogP contribution in [0.3, 0.4) is 0 Å². The average Bonchev–Trinajstić information content (AvgIpc) is 2.76. The molecule has 108 valence electrons. The largest absolute Gasteiger partial charge is 0.398 e. The van der Waals surface area contributed by atoms with Crippen LogP contribution < -0.4 is 5.73 Å². The number of fused-ring (bicyclic) bond motifs is 1. The molecule has 1 aromatic heterocycles. The predicted octanol–water partition coefficient (Wildman–Crippen LogP) is 3.12. The number of rotatable bonds is 3. The van der Waals surface area contributed by atoms with Crippen molar-refractivity contribution < 1.29 is 4.21 Å². The van der Waals surface area contributed by atoms with Gasteiger partial charge in [-0.1, -0.05) is 35.9 Å². The van der Waals surface area contributed by atoms with E-state index in [1.807, 2.05) is 31.3 Å². The summed E-state index contributed by atoms with van der Waals surface area (Å²) in [6.07, 6.45) is 0. The van der Waals surface area contributed by atoms with Gasteiger partial charge in [-0.2, -0.15) is 5.10 Å². The highest BCUT2D eigenvalue weighted by molar-refractivity contribution is 7.84. The molecule has 0 saturated heterocycles. The van der Waals surface area contributed by atoms with Crippen molar-refractivity contribution in [3.8, 4) is 0 Å². The Bertz CT molecular complexity index is 824. The van der Waals surface area contributed by atoms with E-state index in [-0.39, 0.29) is 5.75 Å². The van der Waals surface area contributed by atoms with Gasteiger partial charge in [0.1, 0.15) is 0 Å². The summed E-state index contributed by atoms with van der Waals surface area (Å²) in [5.74, 6) is 0.287. The number of nitrogens with two attached hydrogens (primary N) is 1. The monoisotopic (exact) mass is 319 g/mol. The zero-order chi connectivity index (χ0) is 15.0. The Balaban J connectivity index is 2.01. The number of hydrogen-bond donors (Lipinski definition) is 1. The summed E-state index contributed by atoms with van der Waals surface area (Å²) in [6.45, 7) is 0. The third-order valence-corrected chi connectivity index (χ3v) is 5.20. The topological polar surface area (TPSA) is 60.9 Å². The SMILES string of the molecule is Cn1nc(CS(=O)c2c(N)cccc2Cl)c2ccccc21. The Morgan fingerprint density at radius 3 is 2.76 bits per heavy atom. The van der Waals surface area contributed by atoms with Crippen LogP contribution in [-0.2, 0) is 23.6 Å². The normalized spacial score (nSPS) is 12.7. The molecule has 0 amide bonds. The quantitative estimate of drug-likeness (QED) is 0.754. The molecule has 6 heteroatoms. The smallest absolute Gasteiger partial charge is 0.0831 e. The molecular weight excluding hydrogens is 306 g/mol. The van der Waals surface area contributed by atoms with Gasteiger partial charge in [-0.25, -0.2) is 0 Å². The number of aromatic nitrogens is 2. The van der Waals surface area contributed by atoms with E-state index in [4.69, 9.17) is 17.3 Å². The minimum absolute atomic E-state index is 0.287. The lowest BCUT2D eigenvalue weighted by Crippen LogP contribution is -2.03. The van der Waals surface area contributed by atoms with E-state index in [2.05, 4.69) is 5.10 Å². The number of halogens is 1. The van der Waals surface area contributed by atoms with Crippen LogP contribution in [0.1, 0.15) is 5.69 Å². The van der Waals surface area contributed by atoms with Crippen LogP contribution in [0.5, 0.6) is 0 Å². The lowest BCUT2D eigenvalue weighted by Gasteiger charge is -2.06. The van der Waals surface area contributed by atoms with Crippen LogP contribution in [-0.4, -0.2) is 14.0 Å². The van der Waals surface area contributed by atoms with Crippen molar-refractivity contribution in [2.45, 2.75) is 10.6 Å². The minimum atomic E-state index is -1.33. The summed E-state index contributed by atoms with van der Waals surface area (Å²) in [5, 5.41) is 5.88. The summed E-state index contributed by atoms with van der Waals surface area (Å²) < 4.78 is 14.4. The number of nitrogens with zero attached hydrogens (tertiary/aromatic N) is 2. The molecule has 0 radical (unpaired) electrons. The third-order valence-electron chi connectivity index (χ3n) is 3.33. The number of para-hydroxylation sites is 1. The highest BCUT2D eigenvalue weighted by Gasteiger charge is 2.16. The van der Waals surface area contributed by atoms with E-state index in [0.29, 0.717) is 15.6 Å². The van der Waals surface area contributed by atoms with Gasteiger partial charge in [0.05, 0.1) is 37.7 Å². The van der Waals surface area contributed by atoms with Gasteiger partial charge in [0.2, 0.25) is 0 Å². The molecule has 0 bridgehead atoms. The van der Waals surface area contributed by atoms with E-state index in [9.17, 15) is 4.21 Å². The maximum atomic E-state index is 12.6. The number of anilines is 1. The van der Waals surface area contributed by atoms with Gasteiger partial charge >= 0.3 is 0 Å². The summed E-state index contributed by atoms with van der Waals surface area (Å²) in [7, 11) is 0.541. The highest BCUT2D eigenvalue weighted by atomic mass is 35.5. The summed E-state index contributed by atoms with van der Waals surface area (Å²) in [6, 6.07) is 13.0. The maximum absolute atomic E-state index is 12.6. The van der Waals surface area contributed by atoms with E-state index < -0.39 is 10.8 Å². The van der Waals surface area contributed by atoms with Crippen LogP contribution in [0.25, 0.3) is 10.9 Å². The predicted molar refractivity (Wildman–Crippen MR) is 86.7 cm³/mol. The molecule has 2 N–H and O–H groups in total. The first-order valence-corrected chi connectivity index (χ1v) is 8.10. The molecule has 0 fully saturated rings. The zero-order valence-corrected chi connectivity index (χ0v) is 13.0. The molecule has 21 heavy (non-hydrogen) atoms. The van der Waals surface area contributed by atoms with Crippen LogP contribution >= 0.6 is 11.6 Å². The van der Waals surface area contributed by atoms with Gasteiger partial charge in [0, 0.05) is 18.1 Å². The molecule has 4 nitrogen and oxygen atoms in total. The molecular formula is C15H14ClN3OS. The van der Waals surface area contributed by atoms with E-state index in [1.54, 1.807) is 22.9 Å². The minimum Gasteiger partial charge on any atom is -0.398 e. The number of benzene rings is 2. The van der Waals surface area contributed by atoms with Crippen LogP contribution in [0.15, 0.2) is 47.4 Å². The van der Waals surface area contributed by atoms with Gasteiger partial charge in [-0.05, 0) is 18.2 Å². The van der Waals surface area contributed by atoms with Crippen molar-refractivity contribution in [3.05, 3.63) is 53.2 Å². The molecule has 0 aliphatic heterocycles. The first-order valence-electron chi connectivity index (χ1n) is 6.41. The Labute approximate surface area is 130 Å². The van der Waals surface area contributed by atoms with Crippen molar-refractivity contribution in [1.82, 2.24) is 9.78 Å². The lowest BCUT2D eigenvalue weighted by molar-refractivity contribution is 0.681. The van der Waals surface area contributed by atoms with Gasteiger partial charge in [-0.15, -0.1) is 0 Å². The third kappa shape index (κ3) is 2.54. The van der Waals surface area contributed by atoms with Crippen LogP contribution in [0, 0.1) is 0 Å². The molecule has 1 atom stereocenters. The molecule has 0 aliphatic rings. The van der Waals surface area contributed by atoms with E-state index >= 15 is 0 Å². The molecule has 0 spiro atoms. The molecule has 2 aromatic carbocycles. The van der Waals surface area contributed by atoms with Gasteiger partial charge in [-0.3, -0.25) is 8.89 Å². The second-order valence-electron chi connectivity index (χ2n) is 4.74. The molecule has 0 aliphatic carbocycles. The Hall–Kier alpha value is -1.85. The first kappa shape index (κ1) is 14.1. The fourth-order valence-electron chi connectivity index (χ4n) is 2.36. The van der Waals surface area contributed by atoms with Crippen molar-refractivity contribution in [1.29, 1.82) is 0 Å². The van der Waals surface area contributed by atoms with Gasteiger partial charge < -0.3 is 5.73 Å². The molecule has 1 heterocycles. The lowest BCUT2D eigenvalue weighted by atomic mass is 10.2. The fourth-order valence-corrected chi connectivity index (χ4v) is 4.02. The Morgan fingerprint density at radius 2 is 2.00 bits per heavy atom. The van der Waals surface area contributed by atoms with Crippen molar-refractivity contribution >= 4 is 39.0 Å². The van der Waals surface area contributed by atoms with Crippen molar-refractivity contribution in [3.63, 3.8) is 0 Å². The highest BCUT2D eigenvalue weighted by Crippen LogP contribution is 2.28.